The van der Waals surface area contributed by atoms with Crippen LogP contribution < -0.4 is 0 Å². The smallest absolute Gasteiger partial charge is 0.170 e. The first kappa shape index (κ1) is 20.2. The summed E-state index contributed by atoms with van der Waals surface area (Å²) in [4.78, 5) is 15.6. The highest BCUT2D eigenvalue weighted by Gasteiger charge is 2.46. The molecule has 1 aromatic heterocycles. The van der Waals surface area contributed by atoms with Gasteiger partial charge < -0.3 is 9.52 Å². The predicted octanol–water partition coefficient (Wildman–Crippen LogP) is 5.18. The molecule has 6 heteroatoms. The number of hydrogen-bond acceptors (Lipinski definition) is 4. The van der Waals surface area contributed by atoms with Gasteiger partial charge in [0.1, 0.15) is 11.4 Å². The van der Waals surface area contributed by atoms with Crippen molar-refractivity contribution >= 4 is 29.0 Å². The van der Waals surface area contributed by atoms with Gasteiger partial charge in [-0.1, -0.05) is 35.3 Å². The summed E-state index contributed by atoms with van der Waals surface area (Å²) in [6.07, 6.45) is 2.07. The van der Waals surface area contributed by atoms with Crippen molar-refractivity contribution in [3.05, 3.63) is 93.9 Å². The molecule has 4 nitrogen and oxygen atoms in total. The Kier molecular flexibility index (Phi) is 5.79. The molecule has 2 atom stereocenters. The number of hydrogen-bond donors (Lipinski definition) is 1. The van der Waals surface area contributed by atoms with Gasteiger partial charge in [-0.05, 0) is 60.5 Å². The van der Waals surface area contributed by atoms with Crippen molar-refractivity contribution in [2.24, 2.45) is 5.92 Å². The third kappa shape index (κ3) is 4.26. The number of furan rings is 1. The van der Waals surface area contributed by atoms with E-state index in [0.717, 1.165) is 5.76 Å². The maximum Gasteiger partial charge on any atom is 0.170 e. The first-order chi connectivity index (χ1) is 14.0. The van der Waals surface area contributed by atoms with Crippen molar-refractivity contribution in [1.29, 1.82) is 0 Å². The van der Waals surface area contributed by atoms with E-state index in [1.807, 2.05) is 12.1 Å². The van der Waals surface area contributed by atoms with Crippen molar-refractivity contribution in [2.45, 2.75) is 18.6 Å². The number of ketones is 1. The minimum Gasteiger partial charge on any atom is -0.468 e. The minimum absolute atomic E-state index is 0.108. The molecule has 2 unspecified atom stereocenters. The Labute approximate surface area is 179 Å². The molecule has 0 bridgehead atoms. The van der Waals surface area contributed by atoms with E-state index in [4.69, 9.17) is 27.6 Å². The number of halogens is 2. The van der Waals surface area contributed by atoms with Crippen molar-refractivity contribution in [3.8, 4) is 0 Å². The highest BCUT2D eigenvalue weighted by atomic mass is 35.5. The van der Waals surface area contributed by atoms with E-state index in [0.29, 0.717) is 47.2 Å². The highest BCUT2D eigenvalue weighted by molar-refractivity contribution is 6.30. The second-order valence-corrected chi connectivity index (χ2v) is 8.29. The van der Waals surface area contributed by atoms with Gasteiger partial charge in [-0.3, -0.25) is 9.69 Å². The van der Waals surface area contributed by atoms with Crippen LogP contribution in [0.15, 0.2) is 71.3 Å². The number of piperidine rings is 1. The van der Waals surface area contributed by atoms with Gasteiger partial charge in [0.15, 0.2) is 5.78 Å². The van der Waals surface area contributed by atoms with E-state index in [1.54, 1.807) is 54.8 Å². The summed E-state index contributed by atoms with van der Waals surface area (Å²) in [6.45, 7) is 1.65. The number of likely N-dealkylation sites (tertiary alicyclic amines) is 1. The maximum absolute atomic E-state index is 13.4. The summed E-state index contributed by atoms with van der Waals surface area (Å²) in [5.41, 5.74) is -0.0421. The Balaban J connectivity index is 1.67. The Morgan fingerprint density at radius 2 is 1.72 bits per heavy atom. The molecule has 1 N–H and O–H groups in total. The van der Waals surface area contributed by atoms with E-state index in [-0.39, 0.29) is 5.78 Å². The summed E-state index contributed by atoms with van der Waals surface area (Å²) < 4.78 is 5.46. The number of Topliss-reactive ketones (excluding diaryl/α,β-unsaturated/α-hetero) is 1. The van der Waals surface area contributed by atoms with E-state index in [2.05, 4.69) is 4.90 Å². The van der Waals surface area contributed by atoms with Crippen LogP contribution in [0.25, 0.3) is 0 Å². The maximum atomic E-state index is 13.4. The van der Waals surface area contributed by atoms with Gasteiger partial charge in [0.2, 0.25) is 0 Å². The van der Waals surface area contributed by atoms with Crippen molar-refractivity contribution in [2.75, 3.05) is 13.1 Å². The zero-order valence-corrected chi connectivity index (χ0v) is 17.2. The standard InChI is InChI=1S/C23H21Cl2NO3/c24-18-7-3-16(4-8-18)22(27)21-15-26(14-20-2-1-13-29-20)12-11-23(21,28)17-5-9-19(25)10-6-17/h1-10,13,21,28H,11-12,14-15H2. The summed E-state index contributed by atoms with van der Waals surface area (Å²) >= 11 is 12.0. The van der Waals surface area contributed by atoms with E-state index < -0.39 is 11.5 Å². The lowest BCUT2D eigenvalue weighted by Gasteiger charge is -2.44. The normalized spacial score (nSPS) is 22.5. The van der Waals surface area contributed by atoms with Crippen LogP contribution in [0.1, 0.15) is 28.1 Å². The topological polar surface area (TPSA) is 53.7 Å². The quantitative estimate of drug-likeness (QED) is 0.567. The molecule has 1 saturated heterocycles. The number of aliphatic hydroxyl groups is 1. The molecule has 1 fully saturated rings. The van der Waals surface area contributed by atoms with Gasteiger partial charge in [-0.2, -0.15) is 0 Å². The molecule has 3 aromatic rings. The van der Waals surface area contributed by atoms with Crippen molar-refractivity contribution < 1.29 is 14.3 Å². The van der Waals surface area contributed by atoms with Crippen LogP contribution in [0.5, 0.6) is 0 Å². The van der Waals surface area contributed by atoms with Gasteiger partial charge in [0, 0.05) is 28.7 Å². The molecule has 4 rings (SSSR count). The lowest BCUT2D eigenvalue weighted by atomic mass is 9.72. The third-order valence-corrected chi connectivity index (χ3v) is 6.08. The minimum atomic E-state index is -1.28. The average molecular weight is 430 g/mol. The molecular weight excluding hydrogens is 409 g/mol. The van der Waals surface area contributed by atoms with E-state index >= 15 is 0 Å². The second-order valence-electron chi connectivity index (χ2n) is 7.42. The van der Waals surface area contributed by atoms with Gasteiger partial charge in [0.05, 0.1) is 18.7 Å². The summed E-state index contributed by atoms with van der Waals surface area (Å²) in [6, 6.07) is 17.6. The Morgan fingerprint density at radius 3 is 2.34 bits per heavy atom. The molecule has 0 radical (unpaired) electrons. The molecule has 0 amide bonds. The number of carbonyl (C=O) groups excluding carboxylic acids is 1. The van der Waals surface area contributed by atoms with Gasteiger partial charge in [-0.15, -0.1) is 0 Å². The summed E-state index contributed by atoms with van der Waals surface area (Å²) in [5.74, 6) is 0.0939. The van der Waals surface area contributed by atoms with Gasteiger partial charge in [0.25, 0.3) is 0 Å². The lowest BCUT2D eigenvalue weighted by molar-refractivity contribution is -0.0668. The zero-order chi connectivity index (χ0) is 20.4. The average Bonchev–Trinajstić information content (AvgIpc) is 3.23. The van der Waals surface area contributed by atoms with Crippen molar-refractivity contribution in [3.63, 3.8) is 0 Å². The predicted molar refractivity (Wildman–Crippen MR) is 113 cm³/mol. The van der Waals surface area contributed by atoms with Crippen LogP contribution in [0.4, 0.5) is 0 Å². The fraction of sp³-hybridized carbons (Fsp3) is 0.261. The zero-order valence-electron chi connectivity index (χ0n) is 15.7. The van der Waals surface area contributed by atoms with Gasteiger partial charge in [-0.25, -0.2) is 0 Å². The first-order valence-electron chi connectivity index (χ1n) is 9.48. The monoisotopic (exact) mass is 429 g/mol. The van der Waals surface area contributed by atoms with Crippen LogP contribution in [0.3, 0.4) is 0 Å². The molecule has 0 spiro atoms. The number of nitrogens with zero attached hydrogens (tertiary/aromatic N) is 1. The fourth-order valence-corrected chi connectivity index (χ4v) is 4.22. The molecule has 1 aliphatic heterocycles. The molecule has 29 heavy (non-hydrogen) atoms. The van der Waals surface area contributed by atoms with E-state index in [9.17, 15) is 9.90 Å². The lowest BCUT2D eigenvalue weighted by Crippen LogP contribution is -2.52. The number of benzene rings is 2. The molecule has 0 saturated carbocycles. The van der Waals surface area contributed by atoms with Crippen LogP contribution >= 0.6 is 23.2 Å². The second kappa shape index (κ2) is 8.33. The summed E-state index contributed by atoms with van der Waals surface area (Å²) in [7, 11) is 0. The largest absolute Gasteiger partial charge is 0.468 e. The Bertz CT molecular complexity index is 970. The van der Waals surface area contributed by atoms with Crippen LogP contribution in [0.2, 0.25) is 10.0 Å². The molecule has 1 aliphatic rings. The molecular formula is C23H21Cl2NO3. The molecule has 0 aliphatic carbocycles. The third-order valence-electron chi connectivity index (χ3n) is 5.58. The van der Waals surface area contributed by atoms with Crippen LogP contribution in [0, 0.1) is 5.92 Å². The molecule has 150 valence electrons. The Hall–Kier alpha value is -2.11. The van der Waals surface area contributed by atoms with Crippen LogP contribution in [-0.4, -0.2) is 28.9 Å². The number of rotatable bonds is 5. The summed E-state index contributed by atoms with van der Waals surface area (Å²) in [5, 5.41) is 12.8. The molecule has 2 aromatic carbocycles. The SMILES string of the molecule is O=C(c1ccc(Cl)cc1)C1CN(Cc2ccco2)CCC1(O)c1ccc(Cl)cc1. The van der Waals surface area contributed by atoms with Crippen LogP contribution in [-0.2, 0) is 12.1 Å². The first-order valence-corrected chi connectivity index (χ1v) is 10.2. The Morgan fingerprint density at radius 1 is 1.07 bits per heavy atom. The van der Waals surface area contributed by atoms with E-state index in [1.165, 1.54) is 0 Å². The van der Waals surface area contributed by atoms with Crippen molar-refractivity contribution in [1.82, 2.24) is 4.90 Å². The molecule has 2 heterocycles. The highest BCUT2D eigenvalue weighted by Crippen LogP contribution is 2.40. The van der Waals surface area contributed by atoms with Gasteiger partial charge >= 0.3 is 0 Å². The fourth-order valence-electron chi connectivity index (χ4n) is 3.97. The number of carbonyl (C=O) groups is 1.